The zero-order valence-electron chi connectivity index (χ0n) is 13.6. The first-order chi connectivity index (χ1) is 9.56. The Morgan fingerprint density at radius 1 is 1.23 bits per heavy atom. The van der Waals surface area contributed by atoms with Gasteiger partial charge < -0.3 is 20.0 Å². The number of methoxy groups -OCH3 is 1. The number of aliphatic carboxylic acids is 1. The summed E-state index contributed by atoms with van der Waals surface area (Å²) in [5.41, 5.74) is 5.60. The summed E-state index contributed by atoms with van der Waals surface area (Å²) in [4.78, 5) is 20.0. The number of ether oxygens (including phenoxy) is 1. The highest BCUT2D eigenvalue weighted by molar-refractivity contribution is 6.74. The maximum Gasteiger partial charge on any atom is 0.490 e. The molecule has 0 spiro atoms. The van der Waals surface area contributed by atoms with Crippen molar-refractivity contribution >= 4 is 20.3 Å². The Labute approximate surface area is 128 Å². The molecule has 132 valence electrons. The molecule has 10 heteroatoms. The molecule has 0 bridgehead atoms. The van der Waals surface area contributed by atoms with Crippen LogP contribution in [0.1, 0.15) is 20.8 Å². The highest BCUT2D eigenvalue weighted by Gasteiger charge is 2.38. The van der Waals surface area contributed by atoms with Gasteiger partial charge in [-0.05, 0) is 18.1 Å². The fourth-order valence-corrected chi connectivity index (χ4v) is 1.76. The van der Waals surface area contributed by atoms with E-state index in [0.29, 0.717) is 0 Å². The van der Waals surface area contributed by atoms with Gasteiger partial charge in [-0.25, -0.2) is 4.79 Å². The lowest BCUT2D eigenvalue weighted by atomic mass is 10.2. The number of hydrogen-bond donors (Lipinski definition) is 2. The molecule has 22 heavy (non-hydrogen) atoms. The van der Waals surface area contributed by atoms with E-state index in [1.165, 1.54) is 7.11 Å². The molecule has 0 aromatic carbocycles. The number of hydrogen-bond acceptors (Lipinski definition) is 5. The Bertz CT molecular complexity index is 380. The second-order valence-electron chi connectivity index (χ2n) is 6.00. The minimum absolute atomic E-state index is 0.128. The van der Waals surface area contributed by atoms with Crippen LogP contribution in [0.3, 0.4) is 0 Å². The molecule has 0 radical (unpaired) electrons. The van der Waals surface area contributed by atoms with E-state index in [0.717, 1.165) is 0 Å². The summed E-state index contributed by atoms with van der Waals surface area (Å²) in [6.07, 6.45) is -5.08. The number of nitrogens with two attached hydrogens (primary N) is 1. The number of carbonyl (C=O) groups is 2. The topological polar surface area (TPSA) is 98.9 Å². The zero-order valence-corrected chi connectivity index (χ0v) is 14.6. The Morgan fingerprint density at radius 3 is 1.82 bits per heavy atom. The fourth-order valence-electron chi connectivity index (χ4n) is 0.734. The van der Waals surface area contributed by atoms with Crippen LogP contribution in [-0.2, 0) is 18.8 Å². The summed E-state index contributed by atoms with van der Waals surface area (Å²) in [7, 11) is -0.486. The first-order valence-electron chi connectivity index (χ1n) is 6.33. The maximum absolute atomic E-state index is 11.1. The van der Waals surface area contributed by atoms with Crippen molar-refractivity contribution in [3.05, 3.63) is 0 Å². The highest BCUT2D eigenvalue weighted by Crippen LogP contribution is 2.36. The molecule has 0 heterocycles. The third-order valence-electron chi connectivity index (χ3n) is 3.18. The van der Waals surface area contributed by atoms with E-state index >= 15 is 0 Å². The first-order valence-corrected chi connectivity index (χ1v) is 9.24. The van der Waals surface area contributed by atoms with Crippen LogP contribution in [-0.4, -0.2) is 51.3 Å². The lowest BCUT2D eigenvalue weighted by Gasteiger charge is -2.36. The molecule has 0 aliphatic rings. The smallest absolute Gasteiger partial charge is 0.475 e. The van der Waals surface area contributed by atoms with Gasteiger partial charge in [0.25, 0.3) is 0 Å². The highest BCUT2D eigenvalue weighted by atomic mass is 28.4. The van der Waals surface area contributed by atoms with E-state index in [1.807, 2.05) is 0 Å². The van der Waals surface area contributed by atoms with Gasteiger partial charge in [-0.3, -0.25) is 4.79 Å². The van der Waals surface area contributed by atoms with Crippen LogP contribution in [0.25, 0.3) is 0 Å². The number of carboxylic acid groups (broad SMARTS) is 1. The van der Waals surface area contributed by atoms with Crippen molar-refractivity contribution in [2.24, 2.45) is 5.73 Å². The summed E-state index contributed by atoms with van der Waals surface area (Å²) in [5.74, 6) is -3.18. The molecule has 0 fully saturated rings. The largest absolute Gasteiger partial charge is 0.490 e. The average molecular weight is 347 g/mol. The SMILES string of the molecule is COC(=O)C(N)CO[Si](C)(C)C(C)(C)C.O=C(O)C(F)(F)F. The van der Waals surface area contributed by atoms with Gasteiger partial charge in [0.2, 0.25) is 0 Å². The van der Waals surface area contributed by atoms with E-state index in [2.05, 4.69) is 38.6 Å². The van der Waals surface area contributed by atoms with Gasteiger partial charge in [0.05, 0.1) is 13.7 Å². The molecule has 1 unspecified atom stereocenters. The Kier molecular flexibility index (Phi) is 8.93. The summed E-state index contributed by atoms with van der Waals surface area (Å²) >= 11 is 0. The number of alkyl halides is 3. The molecule has 0 aliphatic heterocycles. The number of esters is 1. The van der Waals surface area contributed by atoms with Crippen LogP contribution in [0.15, 0.2) is 0 Å². The van der Waals surface area contributed by atoms with E-state index in [9.17, 15) is 18.0 Å². The van der Waals surface area contributed by atoms with Crippen molar-refractivity contribution in [1.29, 1.82) is 0 Å². The van der Waals surface area contributed by atoms with Gasteiger partial charge in [0.15, 0.2) is 8.32 Å². The van der Waals surface area contributed by atoms with Crippen molar-refractivity contribution in [3.63, 3.8) is 0 Å². The quantitative estimate of drug-likeness (QED) is 0.597. The molecular weight excluding hydrogens is 323 g/mol. The van der Waals surface area contributed by atoms with Gasteiger partial charge in [0.1, 0.15) is 6.04 Å². The fraction of sp³-hybridized carbons (Fsp3) is 0.833. The molecule has 0 aromatic heterocycles. The lowest BCUT2D eigenvalue weighted by Crippen LogP contribution is -2.46. The van der Waals surface area contributed by atoms with Crippen molar-refractivity contribution in [1.82, 2.24) is 0 Å². The summed E-state index contributed by atoms with van der Waals surface area (Å²) in [6.45, 7) is 10.9. The monoisotopic (exact) mass is 347 g/mol. The molecule has 6 nitrogen and oxygen atoms in total. The minimum Gasteiger partial charge on any atom is -0.475 e. The van der Waals surface area contributed by atoms with Gasteiger partial charge in [-0.1, -0.05) is 20.8 Å². The molecule has 0 aliphatic carbocycles. The van der Waals surface area contributed by atoms with Crippen molar-refractivity contribution in [2.75, 3.05) is 13.7 Å². The van der Waals surface area contributed by atoms with Crippen LogP contribution >= 0.6 is 0 Å². The first kappa shape index (κ1) is 23.1. The number of carbonyl (C=O) groups excluding carboxylic acids is 1. The van der Waals surface area contributed by atoms with Crippen molar-refractivity contribution in [2.45, 2.75) is 51.1 Å². The summed E-state index contributed by atoms with van der Waals surface area (Å²) in [6, 6.07) is -0.677. The molecular formula is C12H24F3NO5Si. The zero-order chi connectivity index (χ0) is 18.4. The predicted molar refractivity (Wildman–Crippen MR) is 76.8 cm³/mol. The van der Waals surface area contributed by atoms with Crippen molar-refractivity contribution < 1.29 is 37.0 Å². The molecule has 3 N–H and O–H groups in total. The Hall–Kier alpha value is -1.13. The maximum atomic E-state index is 11.1. The van der Waals surface area contributed by atoms with Crippen LogP contribution < -0.4 is 5.73 Å². The second-order valence-corrected chi connectivity index (χ2v) is 10.8. The number of rotatable bonds is 4. The minimum atomic E-state index is -5.08. The van der Waals surface area contributed by atoms with E-state index < -0.39 is 32.5 Å². The van der Waals surface area contributed by atoms with Gasteiger partial charge in [-0.15, -0.1) is 0 Å². The van der Waals surface area contributed by atoms with Crippen molar-refractivity contribution in [3.8, 4) is 0 Å². The normalized spacial score (nSPS) is 13.7. The molecule has 0 amide bonds. The van der Waals surface area contributed by atoms with Crippen LogP contribution in [0.2, 0.25) is 18.1 Å². The Morgan fingerprint density at radius 2 is 1.59 bits per heavy atom. The molecule has 0 aromatic rings. The summed E-state index contributed by atoms with van der Waals surface area (Å²) < 4.78 is 42.1. The summed E-state index contributed by atoms with van der Waals surface area (Å²) in [5, 5.41) is 7.25. The van der Waals surface area contributed by atoms with E-state index in [4.69, 9.17) is 20.1 Å². The standard InChI is InChI=1S/C10H23NO3Si.C2HF3O2/c1-10(2,3)15(5,6)14-7-8(11)9(12)13-4;3-2(4,5)1(6)7/h8H,7,11H2,1-6H3;(H,6,7). The third-order valence-corrected chi connectivity index (χ3v) is 7.68. The van der Waals surface area contributed by atoms with Gasteiger partial charge >= 0.3 is 18.1 Å². The molecule has 1 atom stereocenters. The van der Waals surface area contributed by atoms with Gasteiger partial charge in [-0.2, -0.15) is 13.2 Å². The third kappa shape index (κ3) is 9.00. The molecule has 0 saturated carbocycles. The molecule has 0 saturated heterocycles. The predicted octanol–water partition coefficient (Wildman–Crippen LogP) is 2.14. The van der Waals surface area contributed by atoms with Gasteiger partial charge in [0, 0.05) is 0 Å². The molecule has 0 rings (SSSR count). The van der Waals surface area contributed by atoms with E-state index in [-0.39, 0.29) is 11.6 Å². The average Bonchev–Trinajstić information content (AvgIpc) is 2.33. The van der Waals surface area contributed by atoms with E-state index in [1.54, 1.807) is 0 Å². The van der Waals surface area contributed by atoms with Crippen LogP contribution in [0.5, 0.6) is 0 Å². The number of halogens is 3. The Balaban J connectivity index is 0. The van der Waals surface area contributed by atoms with Crippen LogP contribution in [0.4, 0.5) is 13.2 Å². The number of carboxylic acids is 1. The lowest BCUT2D eigenvalue weighted by molar-refractivity contribution is -0.192. The van der Waals surface area contributed by atoms with Crippen LogP contribution in [0, 0.1) is 0 Å². The second kappa shape index (κ2) is 8.49.